The van der Waals surface area contributed by atoms with Crippen LogP contribution in [0.5, 0.6) is 0 Å². The Morgan fingerprint density at radius 3 is 2.23 bits per heavy atom. The van der Waals surface area contributed by atoms with E-state index >= 15 is 0 Å². The first-order chi connectivity index (χ1) is 18.8. The van der Waals surface area contributed by atoms with Gasteiger partial charge in [0.05, 0.1) is 32.8 Å². The third-order valence-corrected chi connectivity index (χ3v) is 7.38. The van der Waals surface area contributed by atoms with E-state index in [2.05, 4.69) is 58.4 Å². The van der Waals surface area contributed by atoms with Gasteiger partial charge in [0.15, 0.2) is 5.13 Å². The van der Waals surface area contributed by atoms with Crippen LogP contribution in [0.2, 0.25) is 0 Å². The van der Waals surface area contributed by atoms with Crippen molar-refractivity contribution < 1.29 is 16.8 Å². The average molecular weight is 567 g/mol. The number of benzene rings is 3. The van der Waals surface area contributed by atoms with Crippen LogP contribution in [0.1, 0.15) is 0 Å². The van der Waals surface area contributed by atoms with E-state index in [4.69, 9.17) is 15.0 Å². The Labute approximate surface area is 240 Å². The molecule has 3 aromatic carbocycles. The van der Waals surface area contributed by atoms with Gasteiger partial charge in [-0.25, -0.2) is 15.0 Å². The summed E-state index contributed by atoms with van der Waals surface area (Å²) in [6.45, 7) is 0. The summed E-state index contributed by atoms with van der Waals surface area (Å²) in [6.07, 6.45) is 1.79. The van der Waals surface area contributed by atoms with Crippen molar-refractivity contribution in [1.29, 1.82) is 0 Å². The van der Waals surface area contributed by atoms with Crippen LogP contribution in [-0.4, -0.2) is 19.9 Å². The summed E-state index contributed by atoms with van der Waals surface area (Å²) < 4.78 is 1.09. The molecular formula is C32H21CoN5S. The molecule has 0 aliphatic carbocycles. The smallest absolute Gasteiger partial charge is 0.196 e. The first-order valence-corrected chi connectivity index (χ1v) is 13.1. The molecule has 4 aromatic heterocycles. The molecule has 0 atom stereocenters. The van der Waals surface area contributed by atoms with Gasteiger partial charge in [-0.1, -0.05) is 78.1 Å². The first-order valence-electron chi connectivity index (χ1n) is 12.3. The molecule has 1 radical (unpaired) electrons. The Bertz CT molecular complexity index is 1890. The van der Waals surface area contributed by atoms with Crippen molar-refractivity contribution >= 4 is 49.1 Å². The van der Waals surface area contributed by atoms with E-state index in [1.807, 2.05) is 72.8 Å². The molecule has 7 rings (SSSR count). The molecule has 0 aliphatic heterocycles. The minimum Gasteiger partial charge on any atom is -0.270 e. The Kier molecular flexibility index (Phi) is 6.85. The molecule has 5 nitrogen and oxygen atoms in total. The predicted octanol–water partition coefficient (Wildman–Crippen LogP) is 8.44. The van der Waals surface area contributed by atoms with Gasteiger partial charge in [-0.2, -0.15) is 0 Å². The van der Waals surface area contributed by atoms with Crippen molar-refractivity contribution in [3.63, 3.8) is 0 Å². The first kappa shape index (κ1) is 24.9. The molecule has 189 valence electrons. The number of thiazole rings is 1. The van der Waals surface area contributed by atoms with E-state index in [0.717, 1.165) is 60.4 Å². The minimum atomic E-state index is 0. The van der Waals surface area contributed by atoms with Crippen LogP contribution in [-0.2, 0) is 16.8 Å². The maximum absolute atomic E-state index is 5.17. The van der Waals surface area contributed by atoms with Gasteiger partial charge in [-0.15, -0.1) is 0 Å². The summed E-state index contributed by atoms with van der Waals surface area (Å²) in [4.78, 5) is 21.7. The zero-order valence-electron chi connectivity index (χ0n) is 20.6. The van der Waals surface area contributed by atoms with Crippen molar-refractivity contribution in [3.05, 3.63) is 128 Å². The third kappa shape index (κ3) is 4.79. The summed E-state index contributed by atoms with van der Waals surface area (Å²) >= 11 is 1.64. The zero-order chi connectivity index (χ0) is 25.3. The van der Waals surface area contributed by atoms with Crippen LogP contribution in [0.15, 0.2) is 128 Å². The maximum Gasteiger partial charge on any atom is 0.196 e. The van der Waals surface area contributed by atoms with Gasteiger partial charge >= 0.3 is 0 Å². The molecule has 39 heavy (non-hydrogen) atoms. The number of fused-ring (bicyclic) bond motifs is 2. The van der Waals surface area contributed by atoms with E-state index < -0.39 is 0 Å². The number of hydrogen-bond donors (Lipinski definition) is 0. The Balaban J connectivity index is 0.00000277. The predicted molar refractivity (Wildman–Crippen MR) is 156 cm³/mol. The van der Waals surface area contributed by atoms with Crippen molar-refractivity contribution in [2.24, 2.45) is 0 Å². The molecule has 0 saturated carbocycles. The van der Waals surface area contributed by atoms with Crippen LogP contribution >= 0.6 is 11.3 Å². The van der Waals surface area contributed by atoms with Gasteiger partial charge in [-0.3, -0.25) is 9.88 Å². The number of anilines is 3. The second-order valence-corrected chi connectivity index (χ2v) is 9.81. The van der Waals surface area contributed by atoms with Gasteiger partial charge in [0, 0.05) is 39.6 Å². The van der Waals surface area contributed by atoms with E-state index in [1.165, 1.54) is 0 Å². The van der Waals surface area contributed by atoms with Crippen molar-refractivity contribution in [1.82, 2.24) is 19.9 Å². The Hall–Kier alpha value is -4.43. The van der Waals surface area contributed by atoms with Crippen molar-refractivity contribution in [2.45, 2.75) is 0 Å². The van der Waals surface area contributed by atoms with Gasteiger partial charge in [-0.05, 0) is 54.6 Å². The summed E-state index contributed by atoms with van der Waals surface area (Å²) in [5.41, 5.74) is 6.45. The number of pyridine rings is 3. The molecular weight excluding hydrogens is 545 g/mol. The molecule has 0 fully saturated rings. The number of para-hydroxylation sites is 3. The summed E-state index contributed by atoms with van der Waals surface area (Å²) in [5.74, 6) is 0.781. The number of nitrogens with zero attached hydrogens (tertiary/aromatic N) is 5. The molecule has 0 amide bonds. The van der Waals surface area contributed by atoms with Crippen LogP contribution in [0.3, 0.4) is 0 Å². The monoisotopic (exact) mass is 566 g/mol. The van der Waals surface area contributed by atoms with E-state index in [-0.39, 0.29) is 16.8 Å². The van der Waals surface area contributed by atoms with E-state index in [1.54, 1.807) is 17.5 Å². The van der Waals surface area contributed by atoms with Crippen LogP contribution < -0.4 is 4.90 Å². The van der Waals surface area contributed by atoms with Crippen molar-refractivity contribution in [2.75, 3.05) is 4.90 Å². The molecule has 0 saturated heterocycles. The van der Waals surface area contributed by atoms with E-state index in [0.29, 0.717) is 0 Å². The molecule has 4 heterocycles. The molecule has 0 bridgehead atoms. The fourth-order valence-corrected chi connectivity index (χ4v) is 5.60. The topological polar surface area (TPSA) is 54.8 Å². The number of hydrogen-bond acceptors (Lipinski definition) is 6. The SMILES string of the molecule is [Co].c1ccc(N(c2cccc(-c3ccccn3)n2)c2nc3c(-c4ccc5ccccc5n4)cccc3s2)cc1. The van der Waals surface area contributed by atoms with Crippen LogP contribution in [0.4, 0.5) is 16.6 Å². The van der Waals surface area contributed by atoms with Crippen molar-refractivity contribution in [3.8, 4) is 22.6 Å². The second-order valence-electron chi connectivity index (χ2n) is 8.80. The normalized spacial score (nSPS) is 10.9. The largest absolute Gasteiger partial charge is 0.270 e. The number of aromatic nitrogens is 4. The minimum absolute atomic E-state index is 0. The summed E-state index contributed by atoms with van der Waals surface area (Å²) in [6, 6.07) is 40.7. The molecule has 7 heteroatoms. The molecule has 0 unspecified atom stereocenters. The van der Waals surface area contributed by atoms with Crippen LogP contribution in [0.25, 0.3) is 43.8 Å². The van der Waals surface area contributed by atoms with Gasteiger partial charge in [0.1, 0.15) is 5.82 Å². The maximum atomic E-state index is 5.17. The zero-order valence-corrected chi connectivity index (χ0v) is 22.5. The average Bonchev–Trinajstić information content (AvgIpc) is 3.42. The quantitative estimate of drug-likeness (QED) is 0.209. The van der Waals surface area contributed by atoms with Gasteiger partial charge < -0.3 is 0 Å². The Morgan fingerprint density at radius 1 is 0.564 bits per heavy atom. The Morgan fingerprint density at radius 2 is 1.36 bits per heavy atom. The van der Waals surface area contributed by atoms with Gasteiger partial charge in [0.2, 0.25) is 0 Å². The molecule has 0 N–H and O–H groups in total. The van der Waals surface area contributed by atoms with E-state index in [9.17, 15) is 0 Å². The number of rotatable bonds is 5. The summed E-state index contributed by atoms with van der Waals surface area (Å²) in [7, 11) is 0. The van der Waals surface area contributed by atoms with Crippen LogP contribution in [0, 0.1) is 0 Å². The third-order valence-electron chi connectivity index (χ3n) is 6.38. The summed E-state index contributed by atoms with van der Waals surface area (Å²) in [5, 5.41) is 1.96. The standard InChI is InChI=1S/C32H21N5S.Co/c1-2-11-23(12-3-1)37(30-18-9-16-28(35-30)27-15-6-7-21-33-27)32-36-31-24(13-8-17-29(31)38-32)26-20-19-22-10-4-5-14-25(22)34-26;/h1-21H;. The molecule has 0 spiro atoms. The fraction of sp³-hybridized carbons (Fsp3) is 0. The molecule has 7 aromatic rings. The fourth-order valence-electron chi connectivity index (χ4n) is 4.58. The van der Waals surface area contributed by atoms with Gasteiger partial charge in [0.25, 0.3) is 0 Å². The second kappa shape index (κ2) is 10.7. The molecule has 0 aliphatic rings.